The van der Waals surface area contributed by atoms with E-state index in [4.69, 9.17) is 10.2 Å². The summed E-state index contributed by atoms with van der Waals surface area (Å²) in [6.07, 6.45) is 35.6. The molecule has 0 radical (unpaired) electrons. The quantitative estimate of drug-likeness (QED) is 0.0909. The van der Waals surface area contributed by atoms with Crippen molar-refractivity contribution in [1.29, 1.82) is 0 Å². The molecule has 5 heteroatoms. The lowest BCUT2D eigenvalue weighted by Gasteiger charge is -2.04. The van der Waals surface area contributed by atoms with Gasteiger partial charge in [-0.3, -0.25) is 9.59 Å². The minimum absolute atomic E-state index is 0.222. The molecule has 39 heavy (non-hydrogen) atoms. The standard InChI is InChI=1S/C28H58S.2C3H6O2/c1-3-5-7-9-11-13-15-17-19-21-23-25-27-29-28-26-24-22-20-18-16-14-12-10-8-6-4-2;2*1-2-3(4)5/h3-28H2,1-2H3;2*2H2,1H3,(H,4,5). The van der Waals surface area contributed by atoms with Crippen LogP contribution in [0.1, 0.15) is 195 Å². The second-order valence-electron chi connectivity index (χ2n) is 10.9. The van der Waals surface area contributed by atoms with Crippen molar-refractivity contribution in [3.05, 3.63) is 0 Å². The van der Waals surface area contributed by atoms with E-state index in [1.807, 2.05) is 0 Å². The normalized spacial score (nSPS) is 10.4. The summed E-state index contributed by atoms with van der Waals surface area (Å²) in [5.41, 5.74) is 0. The van der Waals surface area contributed by atoms with Gasteiger partial charge in [0.2, 0.25) is 0 Å². The molecule has 4 nitrogen and oxygen atoms in total. The highest BCUT2D eigenvalue weighted by Crippen LogP contribution is 2.15. The fourth-order valence-electron chi connectivity index (χ4n) is 4.19. The van der Waals surface area contributed by atoms with Crippen LogP contribution in [0.15, 0.2) is 0 Å². The Morgan fingerprint density at radius 3 is 0.744 bits per heavy atom. The summed E-state index contributed by atoms with van der Waals surface area (Å²) in [5, 5.41) is 15.4. The van der Waals surface area contributed by atoms with Gasteiger partial charge in [-0.15, -0.1) is 0 Å². The Balaban J connectivity index is -0.00000109. The van der Waals surface area contributed by atoms with E-state index in [-0.39, 0.29) is 12.8 Å². The molecular formula is C34H70O4S. The molecule has 0 saturated heterocycles. The summed E-state index contributed by atoms with van der Waals surface area (Å²) >= 11 is 2.22. The van der Waals surface area contributed by atoms with Crippen LogP contribution in [-0.2, 0) is 9.59 Å². The molecule has 0 saturated carbocycles. The van der Waals surface area contributed by atoms with Gasteiger partial charge in [0.25, 0.3) is 0 Å². The van der Waals surface area contributed by atoms with E-state index in [9.17, 15) is 9.59 Å². The zero-order valence-electron chi connectivity index (χ0n) is 26.9. The molecule has 0 spiro atoms. The van der Waals surface area contributed by atoms with Crippen molar-refractivity contribution in [1.82, 2.24) is 0 Å². The van der Waals surface area contributed by atoms with E-state index < -0.39 is 11.9 Å². The minimum Gasteiger partial charge on any atom is -0.481 e. The lowest BCUT2D eigenvalue weighted by Crippen LogP contribution is -1.87. The summed E-state index contributed by atoms with van der Waals surface area (Å²) in [7, 11) is 0. The monoisotopic (exact) mass is 574 g/mol. The molecule has 0 aromatic heterocycles. The number of thioether (sulfide) groups is 1. The third-order valence-corrected chi connectivity index (χ3v) is 8.04. The SMILES string of the molecule is CCC(=O)O.CCC(=O)O.CCCCCCCCCCCCCCSCCCCCCCCCCCCCC. The molecule has 0 rings (SSSR count). The zero-order chi connectivity index (χ0) is 29.7. The molecule has 0 fully saturated rings. The third kappa shape index (κ3) is 54.1. The first-order chi connectivity index (χ1) is 19.0. The summed E-state index contributed by atoms with van der Waals surface area (Å²) in [5.74, 6) is 1.33. The summed E-state index contributed by atoms with van der Waals surface area (Å²) in [6, 6.07) is 0. The number of carboxylic acid groups (broad SMARTS) is 2. The van der Waals surface area contributed by atoms with Crippen LogP contribution in [0.25, 0.3) is 0 Å². The number of rotatable bonds is 28. The largest absolute Gasteiger partial charge is 0.481 e. The van der Waals surface area contributed by atoms with Gasteiger partial charge in [-0.05, 0) is 24.3 Å². The molecule has 0 heterocycles. The van der Waals surface area contributed by atoms with Gasteiger partial charge in [0.15, 0.2) is 0 Å². The number of carboxylic acids is 2. The molecule has 0 aliphatic carbocycles. The molecule has 0 bridgehead atoms. The van der Waals surface area contributed by atoms with Crippen LogP contribution in [0, 0.1) is 0 Å². The Hall–Kier alpha value is -0.710. The molecule has 0 aliphatic rings. The van der Waals surface area contributed by atoms with Gasteiger partial charge in [-0.1, -0.05) is 169 Å². The highest BCUT2D eigenvalue weighted by Gasteiger charge is 1.96. The van der Waals surface area contributed by atoms with Crippen LogP contribution in [0.5, 0.6) is 0 Å². The average molecular weight is 575 g/mol. The van der Waals surface area contributed by atoms with Crippen molar-refractivity contribution < 1.29 is 19.8 Å². The van der Waals surface area contributed by atoms with E-state index in [2.05, 4.69) is 25.6 Å². The van der Waals surface area contributed by atoms with Crippen molar-refractivity contribution in [2.75, 3.05) is 11.5 Å². The van der Waals surface area contributed by atoms with Crippen LogP contribution < -0.4 is 0 Å². The van der Waals surface area contributed by atoms with Crippen molar-refractivity contribution in [3.8, 4) is 0 Å². The number of hydrogen-bond acceptors (Lipinski definition) is 3. The van der Waals surface area contributed by atoms with Gasteiger partial charge < -0.3 is 10.2 Å². The minimum atomic E-state index is -0.745. The van der Waals surface area contributed by atoms with Crippen LogP contribution in [0.4, 0.5) is 0 Å². The molecule has 0 aromatic carbocycles. The maximum Gasteiger partial charge on any atom is 0.303 e. The van der Waals surface area contributed by atoms with Crippen LogP contribution in [-0.4, -0.2) is 33.7 Å². The number of unbranched alkanes of at least 4 members (excludes halogenated alkanes) is 22. The molecule has 0 atom stereocenters. The molecule has 2 N–H and O–H groups in total. The predicted molar refractivity (Wildman–Crippen MR) is 175 cm³/mol. The van der Waals surface area contributed by atoms with Crippen molar-refractivity contribution in [2.45, 2.75) is 195 Å². The van der Waals surface area contributed by atoms with E-state index in [0.29, 0.717) is 0 Å². The Kier molecular flexibility index (Phi) is 45.8. The molecule has 0 amide bonds. The highest BCUT2D eigenvalue weighted by atomic mass is 32.2. The van der Waals surface area contributed by atoms with Gasteiger partial charge in [-0.25, -0.2) is 0 Å². The van der Waals surface area contributed by atoms with Crippen LogP contribution >= 0.6 is 11.8 Å². The van der Waals surface area contributed by atoms with Crippen molar-refractivity contribution >= 4 is 23.7 Å². The Labute approximate surface area is 249 Å². The lowest BCUT2D eigenvalue weighted by atomic mass is 10.1. The molecular weight excluding hydrogens is 504 g/mol. The maximum absolute atomic E-state index is 9.37. The second kappa shape index (κ2) is 41.8. The van der Waals surface area contributed by atoms with E-state index >= 15 is 0 Å². The van der Waals surface area contributed by atoms with Crippen LogP contribution in [0.2, 0.25) is 0 Å². The molecule has 0 aromatic rings. The Bertz CT molecular complexity index is 416. The predicted octanol–water partition coefficient (Wildman–Crippen LogP) is 12.1. The van der Waals surface area contributed by atoms with Gasteiger partial charge in [0.1, 0.15) is 0 Å². The Morgan fingerprint density at radius 2 is 0.564 bits per heavy atom. The summed E-state index contributed by atoms with van der Waals surface area (Å²) < 4.78 is 0. The smallest absolute Gasteiger partial charge is 0.303 e. The fraction of sp³-hybridized carbons (Fsp3) is 0.941. The molecule has 0 unspecified atom stereocenters. The highest BCUT2D eigenvalue weighted by molar-refractivity contribution is 7.99. The summed E-state index contributed by atoms with van der Waals surface area (Å²) in [6.45, 7) is 7.81. The van der Waals surface area contributed by atoms with Gasteiger partial charge in [-0.2, -0.15) is 11.8 Å². The lowest BCUT2D eigenvalue weighted by molar-refractivity contribution is -0.137. The topological polar surface area (TPSA) is 74.6 Å². The first kappa shape index (κ1) is 42.8. The first-order valence-electron chi connectivity index (χ1n) is 17.0. The van der Waals surface area contributed by atoms with Crippen LogP contribution in [0.3, 0.4) is 0 Å². The molecule has 236 valence electrons. The fourth-order valence-corrected chi connectivity index (χ4v) is 5.21. The third-order valence-electron chi connectivity index (χ3n) is 6.89. The Morgan fingerprint density at radius 1 is 0.385 bits per heavy atom. The van der Waals surface area contributed by atoms with Crippen molar-refractivity contribution in [3.63, 3.8) is 0 Å². The second-order valence-corrected chi connectivity index (χ2v) is 12.1. The zero-order valence-corrected chi connectivity index (χ0v) is 27.7. The van der Waals surface area contributed by atoms with Gasteiger partial charge in [0, 0.05) is 12.8 Å². The number of hydrogen-bond donors (Lipinski definition) is 2. The van der Waals surface area contributed by atoms with Gasteiger partial charge >= 0.3 is 11.9 Å². The molecule has 0 aliphatic heterocycles. The van der Waals surface area contributed by atoms with Gasteiger partial charge in [0.05, 0.1) is 0 Å². The van der Waals surface area contributed by atoms with E-state index in [1.54, 1.807) is 13.8 Å². The van der Waals surface area contributed by atoms with E-state index in [1.165, 1.54) is 166 Å². The average Bonchev–Trinajstić information content (AvgIpc) is 2.93. The maximum atomic E-state index is 9.37. The first-order valence-corrected chi connectivity index (χ1v) is 18.1. The summed E-state index contributed by atoms with van der Waals surface area (Å²) in [4.78, 5) is 18.7. The number of carbonyl (C=O) groups is 2. The number of aliphatic carboxylic acids is 2. The van der Waals surface area contributed by atoms with E-state index in [0.717, 1.165) is 0 Å². The van der Waals surface area contributed by atoms with Crippen molar-refractivity contribution in [2.24, 2.45) is 0 Å².